The lowest BCUT2D eigenvalue weighted by Gasteiger charge is -2.73. The number of rotatable bonds is 2. The van der Waals surface area contributed by atoms with E-state index in [9.17, 15) is 15.3 Å². The third-order valence-corrected chi connectivity index (χ3v) is 9.70. The molecule has 0 aromatic carbocycles. The first-order valence-electron chi connectivity index (χ1n) is 10.8. The monoisotopic (exact) mass is 361 g/mol. The van der Waals surface area contributed by atoms with Crippen LogP contribution in [0.25, 0.3) is 0 Å². The van der Waals surface area contributed by atoms with Gasteiger partial charge in [-0.05, 0) is 72.7 Å². The predicted molar refractivity (Wildman–Crippen MR) is 100 cm³/mol. The van der Waals surface area contributed by atoms with Crippen molar-refractivity contribution in [2.45, 2.75) is 64.1 Å². The van der Waals surface area contributed by atoms with Crippen LogP contribution in [-0.4, -0.2) is 58.7 Å². The van der Waals surface area contributed by atoms with Gasteiger partial charge in [-0.25, -0.2) is 0 Å². The second-order valence-electron chi connectivity index (χ2n) is 10.6. The van der Waals surface area contributed by atoms with Crippen molar-refractivity contribution in [1.82, 2.24) is 4.90 Å². The number of piperidine rings is 1. The molecule has 5 aliphatic carbocycles. The average Bonchev–Trinajstić information content (AvgIpc) is 2.60. The molecule has 1 spiro atoms. The van der Waals surface area contributed by atoms with Crippen molar-refractivity contribution in [2.24, 2.45) is 34.0 Å². The molecule has 1 aliphatic heterocycles. The first-order chi connectivity index (χ1) is 12.4. The van der Waals surface area contributed by atoms with Gasteiger partial charge in [-0.3, -0.25) is 4.90 Å². The molecule has 5 saturated carbocycles. The summed E-state index contributed by atoms with van der Waals surface area (Å²) in [4.78, 5) is 2.49. The number of fused-ring (bicyclic) bond motifs is 2. The SMILES string of the molecule is C=C1[C@H]2CC[C@@]3([C@H](O)C[C@@H]4C5(C)CCCC4(CN(CCO)C5)[C@@H]3C2)[C@@H]1O. The average molecular weight is 362 g/mol. The highest BCUT2D eigenvalue weighted by atomic mass is 16.3. The molecule has 0 aromatic heterocycles. The van der Waals surface area contributed by atoms with E-state index < -0.39 is 12.2 Å². The second-order valence-corrected chi connectivity index (χ2v) is 10.6. The minimum Gasteiger partial charge on any atom is -0.395 e. The maximum atomic E-state index is 11.4. The normalized spacial score (nSPS) is 56.2. The number of hydrogen-bond acceptors (Lipinski definition) is 4. The molecule has 146 valence electrons. The fourth-order valence-electron chi connectivity index (χ4n) is 8.82. The van der Waals surface area contributed by atoms with Gasteiger partial charge in [0.2, 0.25) is 0 Å². The van der Waals surface area contributed by atoms with E-state index in [-0.39, 0.29) is 22.9 Å². The molecule has 26 heavy (non-hydrogen) atoms. The zero-order valence-corrected chi connectivity index (χ0v) is 16.2. The van der Waals surface area contributed by atoms with E-state index in [1.165, 1.54) is 19.3 Å². The van der Waals surface area contributed by atoms with Crippen LogP contribution in [0.4, 0.5) is 0 Å². The highest BCUT2D eigenvalue weighted by Crippen LogP contribution is 2.73. The number of aliphatic hydroxyl groups is 3. The van der Waals surface area contributed by atoms with E-state index in [2.05, 4.69) is 18.4 Å². The van der Waals surface area contributed by atoms with Gasteiger partial charge in [0.25, 0.3) is 0 Å². The third-order valence-electron chi connectivity index (χ3n) is 9.70. The topological polar surface area (TPSA) is 63.9 Å². The first kappa shape index (κ1) is 17.7. The molecule has 0 aromatic rings. The van der Waals surface area contributed by atoms with Crippen LogP contribution in [0, 0.1) is 34.0 Å². The lowest BCUT2D eigenvalue weighted by atomic mass is 9.34. The van der Waals surface area contributed by atoms with Crippen LogP contribution >= 0.6 is 0 Å². The van der Waals surface area contributed by atoms with Crippen LogP contribution in [0.2, 0.25) is 0 Å². The molecule has 0 radical (unpaired) electrons. The Morgan fingerprint density at radius 3 is 2.69 bits per heavy atom. The Morgan fingerprint density at radius 2 is 1.92 bits per heavy atom. The molecule has 3 N–H and O–H groups in total. The van der Waals surface area contributed by atoms with Crippen molar-refractivity contribution in [1.29, 1.82) is 0 Å². The minimum atomic E-state index is -0.535. The Kier molecular flexibility index (Phi) is 3.78. The maximum absolute atomic E-state index is 11.4. The Labute approximate surface area is 157 Å². The molecule has 2 unspecified atom stereocenters. The molecule has 4 heteroatoms. The van der Waals surface area contributed by atoms with Gasteiger partial charge in [-0.2, -0.15) is 0 Å². The van der Waals surface area contributed by atoms with Crippen molar-refractivity contribution in [3.63, 3.8) is 0 Å². The zero-order valence-electron chi connectivity index (χ0n) is 16.2. The molecular formula is C22H35NO3. The van der Waals surface area contributed by atoms with Crippen molar-refractivity contribution < 1.29 is 15.3 Å². The Balaban J connectivity index is 1.62. The van der Waals surface area contributed by atoms with Crippen molar-refractivity contribution >= 4 is 0 Å². The van der Waals surface area contributed by atoms with Crippen LogP contribution in [0.5, 0.6) is 0 Å². The lowest BCUT2D eigenvalue weighted by molar-refractivity contribution is -0.276. The summed E-state index contributed by atoms with van der Waals surface area (Å²) in [5.74, 6) is 1.37. The Morgan fingerprint density at radius 1 is 1.12 bits per heavy atom. The molecular weight excluding hydrogens is 326 g/mol. The predicted octanol–water partition coefficient (Wildman–Crippen LogP) is 2.19. The van der Waals surface area contributed by atoms with E-state index in [0.29, 0.717) is 17.8 Å². The van der Waals surface area contributed by atoms with Gasteiger partial charge >= 0.3 is 0 Å². The smallest absolute Gasteiger partial charge is 0.0834 e. The summed E-state index contributed by atoms with van der Waals surface area (Å²) in [6.45, 7) is 9.72. The van der Waals surface area contributed by atoms with Crippen molar-refractivity contribution in [3.05, 3.63) is 12.2 Å². The van der Waals surface area contributed by atoms with Crippen LogP contribution < -0.4 is 0 Å². The Bertz CT molecular complexity index is 623. The first-order valence-corrected chi connectivity index (χ1v) is 10.8. The second kappa shape index (κ2) is 5.56. The van der Waals surface area contributed by atoms with Gasteiger partial charge in [0.05, 0.1) is 18.8 Å². The molecule has 1 saturated heterocycles. The number of hydrogen-bond donors (Lipinski definition) is 3. The summed E-state index contributed by atoms with van der Waals surface area (Å²) < 4.78 is 0. The van der Waals surface area contributed by atoms with Gasteiger partial charge in [0.15, 0.2) is 0 Å². The van der Waals surface area contributed by atoms with Gasteiger partial charge < -0.3 is 15.3 Å². The van der Waals surface area contributed by atoms with E-state index in [1.54, 1.807) is 0 Å². The van der Waals surface area contributed by atoms with Gasteiger partial charge in [-0.15, -0.1) is 0 Å². The van der Waals surface area contributed by atoms with Crippen LogP contribution in [0.15, 0.2) is 12.2 Å². The summed E-state index contributed by atoms with van der Waals surface area (Å²) >= 11 is 0. The minimum absolute atomic E-state index is 0.194. The van der Waals surface area contributed by atoms with Crippen LogP contribution in [0.1, 0.15) is 51.9 Å². The number of β-amino-alcohol motifs (C(OH)–C–C–N with tert-alkyl or cyclic N) is 1. The maximum Gasteiger partial charge on any atom is 0.0834 e. The standard InChI is InChI=1S/C22H35NO3/c1-14-15-4-7-22(19(14)26)17(10-15)21-6-3-5-20(2,16(21)11-18(22)25)12-23(13-21)8-9-24/h15-19,24-26H,1,3-13H2,2H3/t15-,16+,17-,18+,19+,20?,21?,22+/m0/s1. The molecule has 0 amide bonds. The summed E-state index contributed by atoms with van der Waals surface area (Å²) in [7, 11) is 0. The van der Waals surface area contributed by atoms with Crippen LogP contribution in [-0.2, 0) is 0 Å². The fraction of sp³-hybridized carbons (Fsp3) is 0.909. The molecule has 4 bridgehead atoms. The molecule has 1 heterocycles. The lowest BCUT2D eigenvalue weighted by Crippen LogP contribution is -2.74. The van der Waals surface area contributed by atoms with Crippen molar-refractivity contribution in [3.8, 4) is 0 Å². The fourth-order valence-corrected chi connectivity index (χ4v) is 8.82. The van der Waals surface area contributed by atoms with Gasteiger partial charge in [0, 0.05) is 25.0 Å². The van der Waals surface area contributed by atoms with Gasteiger partial charge in [-0.1, -0.05) is 19.9 Å². The molecule has 6 rings (SSSR count). The summed E-state index contributed by atoms with van der Waals surface area (Å²) in [6.07, 6.45) is 6.77. The number of aliphatic hydroxyl groups excluding tert-OH is 3. The highest BCUT2D eigenvalue weighted by molar-refractivity contribution is 5.29. The molecule has 4 nitrogen and oxygen atoms in total. The van der Waals surface area contributed by atoms with E-state index in [4.69, 9.17) is 0 Å². The van der Waals surface area contributed by atoms with Crippen molar-refractivity contribution in [2.75, 3.05) is 26.2 Å². The van der Waals surface area contributed by atoms with Gasteiger partial charge in [0.1, 0.15) is 0 Å². The van der Waals surface area contributed by atoms with E-state index in [0.717, 1.165) is 50.9 Å². The number of nitrogens with zero attached hydrogens (tertiary/aromatic N) is 1. The largest absolute Gasteiger partial charge is 0.395 e. The molecule has 8 atom stereocenters. The number of likely N-dealkylation sites (tertiary alicyclic amines) is 1. The summed E-state index contributed by atoms with van der Waals surface area (Å²) in [6, 6.07) is 0. The molecule has 6 fully saturated rings. The Hall–Kier alpha value is -0.420. The summed E-state index contributed by atoms with van der Waals surface area (Å²) in [5, 5.41) is 32.2. The zero-order chi connectivity index (χ0) is 18.3. The highest BCUT2D eigenvalue weighted by Gasteiger charge is 2.72. The third kappa shape index (κ3) is 1.95. The van der Waals surface area contributed by atoms with E-state index >= 15 is 0 Å². The quantitative estimate of drug-likeness (QED) is 0.660. The molecule has 6 aliphatic rings. The summed E-state index contributed by atoms with van der Waals surface area (Å²) in [5.41, 5.74) is 1.04. The van der Waals surface area contributed by atoms with E-state index in [1.807, 2.05) is 0 Å². The van der Waals surface area contributed by atoms with Crippen LogP contribution in [0.3, 0.4) is 0 Å².